The minimum atomic E-state index is 0.246. The lowest BCUT2D eigenvalue weighted by atomic mass is 9.84. The van der Waals surface area contributed by atoms with E-state index in [2.05, 4.69) is 26.5 Å². The molecule has 1 aliphatic carbocycles. The molecule has 0 spiro atoms. The number of benzene rings is 1. The minimum absolute atomic E-state index is 0.246. The molecule has 1 amide bonds. The van der Waals surface area contributed by atoms with Gasteiger partial charge in [0.1, 0.15) is 0 Å². The van der Waals surface area contributed by atoms with Gasteiger partial charge in [-0.05, 0) is 83.1 Å². The second-order valence-corrected chi connectivity index (χ2v) is 10.2. The van der Waals surface area contributed by atoms with E-state index in [4.69, 9.17) is 23.2 Å². The van der Waals surface area contributed by atoms with Crippen molar-refractivity contribution in [3.63, 3.8) is 0 Å². The molecule has 1 saturated carbocycles. The highest BCUT2D eigenvalue weighted by Gasteiger charge is 2.24. The lowest BCUT2D eigenvalue weighted by molar-refractivity contribution is -0.122. The number of halogens is 2. The van der Waals surface area contributed by atoms with Crippen LogP contribution in [-0.2, 0) is 4.79 Å². The number of anilines is 1. The maximum absolute atomic E-state index is 12.2. The molecule has 180 valence electrons. The van der Waals surface area contributed by atoms with Gasteiger partial charge in [0.15, 0.2) is 0 Å². The SMILES string of the molecule is CNCCCCCC(=O)NC1CCC(CCN2CCN(c3cccc(Cl)c3Cl)CC2)CC1. The molecule has 0 atom stereocenters. The molecule has 0 bridgehead atoms. The second kappa shape index (κ2) is 13.6. The van der Waals surface area contributed by atoms with Crippen molar-refractivity contribution in [3.8, 4) is 0 Å². The van der Waals surface area contributed by atoms with Crippen LogP contribution in [0.1, 0.15) is 57.8 Å². The molecule has 1 heterocycles. The summed E-state index contributed by atoms with van der Waals surface area (Å²) in [5.74, 6) is 1.04. The van der Waals surface area contributed by atoms with Crippen molar-refractivity contribution < 1.29 is 4.79 Å². The number of carbonyl (C=O) groups excluding carboxylic acids is 1. The Morgan fingerprint density at radius 1 is 1.03 bits per heavy atom. The third-order valence-corrected chi connectivity index (χ3v) is 7.85. The first-order valence-electron chi connectivity index (χ1n) is 12.4. The Balaban J connectivity index is 1.27. The highest BCUT2D eigenvalue weighted by atomic mass is 35.5. The van der Waals surface area contributed by atoms with Crippen LogP contribution in [0.5, 0.6) is 0 Å². The van der Waals surface area contributed by atoms with Crippen LogP contribution in [0.3, 0.4) is 0 Å². The van der Waals surface area contributed by atoms with Crippen molar-refractivity contribution in [2.75, 3.05) is 51.2 Å². The number of piperazine rings is 1. The Morgan fingerprint density at radius 3 is 2.50 bits per heavy atom. The fraction of sp³-hybridized carbons (Fsp3) is 0.720. The quantitative estimate of drug-likeness (QED) is 0.437. The molecule has 2 N–H and O–H groups in total. The van der Waals surface area contributed by atoms with E-state index in [0.717, 1.165) is 76.4 Å². The van der Waals surface area contributed by atoms with Crippen molar-refractivity contribution in [1.82, 2.24) is 15.5 Å². The van der Waals surface area contributed by atoms with Crippen LogP contribution in [0.25, 0.3) is 0 Å². The largest absolute Gasteiger partial charge is 0.368 e. The number of carbonyl (C=O) groups is 1. The molecule has 5 nitrogen and oxygen atoms in total. The minimum Gasteiger partial charge on any atom is -0.368 e. The van der Waals surface area contributed by atoms with Gasteiger partial charge < -0.3 is 15.5 Å². The van der Waals surface area contributed by atoms with Crippen LogP contribution in [0, 0.1) is 5.92 Å². The molecular weight excluding hydrogens is 443 g/mol. The fourth-order valence-corrected chi connectivity index (χ4v) is 5.39. The van der Waals surface area contributed by atoms with Gasteiger partial charge in [-0.25, -0.2) is 0 Å². The number of nitrogens with one attached hydrogen (secondary N) is 2. The number of rotatable bonds is 11. The zero-order valence-corrected chi connectivity index (χ0v) is 21.1. The third kappa shape index (κ3) is 8.09. The molecule has 32 heavy (non-hydrogen) atoms. The number of nitrogens with zero attached hydrogens (tertiary/aromatic N) is 2. The Kier molecular flexibility index (Phi) is 10.9. The second-order valence-electron chi connectivity index (χ2n) is 9.39. The molecule has 3 rings (SSSR count). The average Bonchev–Trinajstić information content (AvgIpc) is 2.81. The smallest absolute Gasteiger partial charge is 0.220 e. The van der Waals surface area contributed by atoms with Crippen LogP contribution < -0.4 is 15.5 Å². The zero-order chi connectivity index (χ0) is 22.8. The number of amides is 1. The molecule has 1 aliphatic heterocycles. The lowest BCUT2D eigenvalue weighted by Crippen LogP contribution is -2.47. The summed E-state index contributed by atoms with van der Waals surface area (Å²) in [7, 11) is 1.97. The molecule has 1 aromatic rings. The highest BCUT2D eigenvalue weighted by molar-refractivity contribution is 6.43. The Hall–Kier alpha value is -1.01. The van der Waals surface area contributed by atoms with Crippen LogP contribution in [-0.4, -0.2) is 63.2 Å². The van der Waals surface area contributed by atoms with E-state index in [0.29, 0.717) is 22.5 Å². The summed E-state index contributed by atoms with van der Waals surface area (Å²) in [4.78, 5) is 17.1. The molecule has 0 unspecified atom stereocenters. The first-order valence-corrected chi connectivity index (χ1v) is 13.2. The molecule has 0 radical (unpaired) electrons. The number of hydrogen-bond acceptors (Lipinski definition) is 4. The number of hydrogen-bond donors (Lipinski definition) is 2. The van der Waals surface area contributed by atoms with E-state index < -0.39 is 0 Å². The molecule has 1 saturated heterocycles. The molecule has 2 aliphatic rings. The van der Waals surface area contributed by atoms with E-state index in [1.54, 1.807) is 0 Å². The van der Waals surface area contributed by atoms with E-state index in [1.807, 2.05) is 19.2 Å². The molecule has 2 fully saturated rings. The van der Waals surface area contributed by atoms with Crippen molar-refractivity contribution in [2.24, 2.45) is 5.92 Å². The summed E-state index contributed by atoms with van der Waals surface area (Å²) < 4.78 is 0. The molecule has 0 aromatic heterocycles. The van der Waals surface area contributed by atoms with Gasteiger partial charge in [0.05, 0.1) is 15.7 Å². The van der Waals surface area contributed by atoms with E-state index in [9.17, 15) is 4.79 Å². The Bertz CT molecular complexity index is 701. The van der Waals surface area contributed by atoms with Gasteiger partial charge in [0.25, 0.3) is 0 Å². The van der Waals surface area contributed by atoms with E-state index in [-0.39, 0.29) is 5.91 Å². The highest BCUT2D eigenvalue weighted by Crippen LogP contribution is 2.33. The van der Waals surface area contributed by atoms with Gasteiger partial charge in [-0.1, -0.05) is 35.7 Å². The maximum Gasteiger partial charge on any atom is 0.220 e. The lowest BCUT2D eigenvalue weighted by Gasteiger charge is -2.37. The zero-order valence-electron chi connectivity index (χ0n) is 19.6. The van der Waals surface area contributed by atoms with E-state index >= 15 is 0 Å². The van der Waals surface area contributed by atoms with Gasteiger partial charge in [-0.3, -0.25) is 9.69 Å². The molecule has 1 aromatic carbocycles. The van der Waals surface area contributed by atoms with Gasteiger partial charge in [0, 0.05) is 38.6 Å². The maximum atomic E-state index is 12.2. The first kappa shape index (κ1) is 25.6. The van der Waals surface area contributed by atoms with Crippen molar-refractivity contribution >= 4 is 34.8 Å². The van der Waals surface area contributed by atoms with Gasteiger partial charge in [-0.2, -0.15) is 0 Å². The summed E-state index contributed by atoms with van der Waals surface area (Å²) in [5, 5.41) is 7.72. The van der Waals surface area contributed by atoms with Crippen molar-refractivity contribution in [3.05, 3.63) is 28.2 Å². The predicted molar refractivity (Wildman–Crippen MR) is 136 cm³/mol. The molecule has 7 heteroatoms. The van der Waals surface area contributed by atoms with Crippen LogP contribution in [0.2, 0.25) is 10.0 Å². The van der Waals surface area contributed by atoms with Crippen LogP contribution >= 0.6 is 23.2 Å². The van der Waals surface area contributed by atoms with Gasteiger partial charge >= 0.3 is 0 Å². The van der Waals surface area contributed by atoms with Gasteiger partial charge in [0.2, 0.25) is 5.91 Å². The normalized spacial score (nSPS) is 22.2. The van der Waals surface area contributed by atoms with E-state index in [1.165, 1.54) is 25.8 Å². The summed E-state index contributed by atoms with van der Waals surface area (Å²) in [6.07, 6.45) is 9.98. The summed E-state index contributed by atoms with van der Waals surface area (Å²) in [5.41, 5.74) is 1.05. The molecular formula is C25H40Cl2N4O. The Morgan fingerprint density at radius 2 is 1.78 bits per heavy atom. The average molecular weight is 484 g/mol. The first-order chi connectivity index (χ1) is 15.6. The summed E-state index contributed by atoms with van der Waals surface area (Å²) in [6, 6.07) is 6.27. The summed E-state index contributed by atoms with van der Waals surface area (Å²) in [6.45, 7) is 6.34. The Labute approximate surface area is 204 Å². The predicted octanol–water partition coefficient (Wildman–Crippen LogP) is 4.96. The number of unbranched alkanes of at least 4 members (excludes halogenated alkanes) is 2. The van der Waals surface area contributed by atoms with Crippen LogP contribution in [0.4, 0.5) is 5.69 Å². The third-order valence-electron chi connectivity index (χ3n) is 7.04. The van der Waals surface area contributed by atoms with Gasteiger partial charge in [-0.15, -0.1) is 0 Å². The summed E-state index contributed by atoms with van der Waals surface area (Å²) >= 11 is 12.6. The standard InChI is InChI=1S/C25H40Cl2N4O/c1-28-14-4-2-3-8-24(32)29-21-11-9-20(10-12-21)13-15-30-16-18-31(19-17-30)23-7-5-6-22(26)25(23)27/h5-7,20-21,28H,2-4,8-19H2,1H3,(H,29,32). The fourth-order valence-electron chi connectivity index (χ4n) is 4.97. The van der Waals surface area contributed by atoms with Crippen molar-refractivity contribution in [2.45, 2.75) is 63.8 Å². The topological polar surface area (TPSA) is 47.6 Å². The van der Waals surface area contributed by atoms with Crippen molar-refractivity contribution in [1.29, 1.82) is 0 Å². The van der Waals surface area contributed by atoms with Crippen LogP contribution in [0.15, 0.2) is 18.2 Å². The monoisotopic (exact) mass is 482 g/mol.